The maximum atomic E-state index is 12.4. The van der Waals surface area contributed by atoms with Gasteiger partial charge in [0, 0.05) is 17.1 Å². The molecule has 3 aromatic rings. The number of nitrogens with one attached hydrogen (secondary N) is 2. The van der Waals surface area contributed by atoms with Crippen molar-refractivity contribution in [2.75, 3.05) is 0 Å². The number of H-pyrrole nitrogens is 1. The second-order valence-corrected chi connectivity index (χ2v) is 5.68. The highest BCUT2D eigenvalue weighted by molar-refractivity contribution is 5.99. The van der Waals surface area contributed by atoms with E-state index in [2.05, 4.69) is 41.3 Å². The Balaban J connectivity index is 1.85. The predicted molar refractivity (Wildman–Crippen MR) is 87.9 cm³/mol. The summed E-state index contributed by atoms with van der Waals surface area (Å²) < 4.78 is 0. The first-order valence-electron chi connectivity index (χ1n) is 7.36. The summed E-state index contributed by atoms with van der Waals surface area (Å²) in [5.74, 6) is -0.119. The maximum absolute atomic E-state index is 12.4. The Morgan fingerprint density at radius 2 is 2.05 bits per heavy atom. The number of hydrogen-bond acceptors (Lipinski definition) is 2. The minimum atomic E-state index is -0.136. The van der Waals surface area contributed by atoms with Crippen LogP contribution >= 0.6 is 0 Å². The van der Waals surface area contributed by atoms with Gasteiger partial charge in [-0.25, -0.2) is 0 Å². The number of aromatic amines is 1. The Bertz CT molecular complexity index is 821. The van der Waals surface area contributed by atoms with Crippen LogP contribution in [-0.2, 0) is 0 Å². The van der Waals surface area contributed by atoms with Gasteiger partial charge in [-0.15, -0.1) is 0 Å². The lowest BCUT2D eigenvalue weighted by Gasteiger charge is -2.12. The third kappa shape index (κ3) is 2.72. The number of carbonyl (C=O) groups is 1. The van der Waals surface area contributed by atoms with Gasteiger partial charge in [0.2, 0.25) is 0 Å². The second kappa shape index (κ2) is 5.64. The third-order valence-electron chi connectivity index (χ3n) is 3.81. The Hall–Kier alpha value is -2.62. The number of pyridine rings is 1. The van der Waals surface area contributed by atoms with Gasteiger partial charge in [-0.05, 0) is 56.2 Å². The Kier molecular flexibility index (Phi) is 3.67. The minimum absolute atomic E-state index is 0.119. The van der Waals surface area contributed by atoms with Crippen LogP contribution in [0.2, 0.25) is 0 Å². The summed E-state index contributed by atoms with van der Waals surface area (Å²) in [6.07, 6.45) is 1.73. The number of aromatic nitrogens is 2. The topological polar surface area (TPSA) is 57.8 Å². The average molecular weight is 293 g/mol. The molecule has 2 aromatic heterocycles. The van der Waals surface area contributed by atoms with Crippen LogP contribution in [0.15, 0.2) is 42.6 Å². The zero-order valence-corrected chi connectivity index (χ0v) is 13.0. The molecule has 1 atom stereocenters. The average Bonchev–Trinajstić information content (AvgIpc) is 2.92. The van der Waals surface area contributed by atoms with E-state index in [9.17, 15) is 4.79 Å². The summed E-state index contributed by atoms with van der Waals surface area (Å²) in [7, 11) is 0. The molecule has 0 saturated carbocycles. The molecule has 0 fully saturated rings. The molecule has 0 aliphatic carbocycles. The van der Waals surface area contributed by atoms with Gasteiger partial charge in [-0.1, -0.05) is 12.1 Å². The van der Waals surface area contributed by atoms with Crippen molar-refractivity contribution in [3.8, 4) is 0 Å². The molecule has 1 amide bonds. The van der Waals surface area contributed by atoms with Crippen LogP contribution in [0.3, 0.4) is 0 Å². The fourth-order valence-electron chi connectivity index (χ4n) is 2.70. The van der Waals surface area contributed by atoms with E-state index in [-0.39, 0.29) is 11.9 Å². The number of fused-ring (bicyclic) bond motifs is 1. The first-order valence-corrected chi connectivity index (χ1v) is 7.36. The highest BCUT2D eigenvalue weighted by Gasteiger charge is 2.15. The van der Waals surface area contributed by atoms with E-state index in [1.54, 1.807) is 6.20 Å². The normalized spacial score (nSPS) is 12.3. The van der Waals surface area contributed by atoms with Crippen molar-refractivity contribution in [3.05, 3.63) is 65.1 Å². The first-order chi connectivity index (χ1) is 10.5. The van der Waals surface area contributed by atoms with Gasteiger partial charge in [0.05, 0.1) is 11.7 Å². The fourth-order valence-corrected chi connectivity index (χ4v) is 2.70. The highest BCUT2D eigenvalue weighted by Crippen LogP contribution is 2.22. The number of amides is 1. The molecule has 0 spiro atoms. The Labute approximate surface area is 129 Å². The lowest BCUT2D eigenvalue weighted by atomic mass is 10.1. The smallest absolute Gasteiger partial charge is 0.268 e. The molecule has 2 heterocycles. The molecule has 22 heavy (non-hydrogen) atoms. The fraction of sp³-hybridized carbons (Fsp3) is 0.222. The summed E-state index contributed by atoms with van der Waals surface area (Å²) in [5.41, 5.74) is 4.77. The van der Waals surface area contributed by atoms with Crippen LogP contribution in [-0.4, -0.2) is 15.9 Å². The standard InChI is InChI=1S/C18H19N3O/c1-11-8-12(2)14-10-17(21-16(14)9-11)18(22)20-13(3)15-6-4-5-7-19-15/h4-10,13,21H,1-3H3,(H,20,22). The lowest BCUT2D eigenvalue weighted by molar-refractivity contribution is 0.0935. The predicted octanol–water partition coefficient (Wildman–Crippen LogP) is 3.67. The van der Waals surface area contributed by atoms with E-state index in [1.807, 2.05) is 31.2 Å². The number of carbonyl (C=O) groups excluding carboxylic acids is 1. The van der Waals surface area contributed by atoms with E-state index in [0.717, 1.165) is 16.6 Å². The number of nitrogens with zero attached hydrogens (tertiary/aromatic N) is 1. The number of hydrogen-bond donors (Lipinski definition) is 2. The molecule has 4 heteroatoms. The molecule has 0 aliphatic heterocycles. The van der Waals surface area contributed by atoms with Gasteiger partial charge in [-0.3, -0.25) is 9.78 Å². The number of benzene rings is 1. The summed E-state index contributed by atoms with van der Waals surface area (Å²) in [5, 5.41) is 4.06. The van der Waals surface area contributed by atoms with Gasteiger partial charge < -0.3 is 10.3 Å². The zero-order valence-electron chi connectivity index (χ0n) is 13.0. The molecule has 4 nitrogen and oxygen atoms in total. The van der Waals surface area contributed by atoms with Crippen LogP contribution in [0.4, 0.5) is 0 Å². The highest BCUT2D eigenvalue weighted by atomic mass is 16.1. The summed E-state index contributed by atoms with van der Waals surface area (Å²) in [6, 6.07) is 11.6. The van der Waals surface area contributed by atoms with Crippen LogP contribution in [0.5, 0.6) is 0 Å². The SMILES string of the molecule is Cc1cc(C)c2cc(C(=O)NC(C)c3ccccn3)[nH]c2c1. The first kappa shape index (κ1) is 14.3. The van der Waals surface area contributed by atoms with Crippen molar-refractivity contribution in [2.24, 2.45) is 0 Å². The largest absolute Gasteiger partial charge is 0.351 e. The van der Waals surface area contributed by atoms with E-state index >= 15 is 0 Å². The van der Waals surface area contributed by atoms with E-state index in [4.69, 9.17) is 0 Å². The summed E-state index contributed by atoms with van der Waals surface area (Å²) in [4.78, 5) is 19.9. The lowest BCUT2D eigenvalue weighted by Crippen LogP contribution is -2.27. The minimum Gasteiger partial charge on any atom is -0.351 e. The molecule has 112 valence electrons. The van der Waals surface area contributed by atoms with Crippen molar-refractivity contribution in [3.63, 3.8) is 0 Å². The van der Waals surface area contributed by atoms with Crippen molar-refractivity contribution < 1.29 is 4.79 Å². The van der Waals surface area contributed by atoms with Crippen molar-refractivity contribution in [1.82, 2.24) is 15.3 Å². The number of rotatable bonds is 3. The van der Waals surface area contributed by atoms with Crippen LogP contribution in [0, 0.1) is 13.8 Å². The molecule has 1 aromatic carbocycles. The van der Waals surface area contributed by atoms with Crippen molar-refractivity contribution >= 4 is 16.8 Å². The number of aryl methyl sites for hydroxylation is 2. The summed E-state index contributed by atoms with van der Waals surface area (Å²) >= 11 is 0. The molecule has 2 N–H and O–H groups in total. The molecule has 0 radical (unpaired) electrons. The van der Waals surface area contributed by atoms with Gasteiger partial charge >= 0.3 is 0 Å². The molecule has 0 bridgehead atoms. The molecule has 0 aliphatic rings. The van der Waals surface area contributed by atoms with E-state index in [1.165, 1.54) is 11.1 Å². The summed E-state index contributed by atoms with van der Waals surface area (Å²) in [6.45, 7) is 6.04. The molecule has 0 saturated heterocycles. The van der Waals surface area contributed by atoms with Crippen molar-refractivity contribution in [2.45, 2.75) is 26.8 Å². The quantitative estimate of drug-likeness (QED) is 0.774. The zero-order chi connectivity index (χ0) is 15.7. The van der Waals surface area contributed by atoms with Gasteiger partial charge in [0.15, 0.2) is 0 Å². The van der Waals surface area contributed by atoms with E-state index < -0.39 is 0 Å². The van der Waals surface area contributed by atoms with Gasteiger partial charge in [0.25, 0.3) is 5.91 Å². The Morgan fingerprint density at radius 3 is 2.77 bits per heavy atom. The van der Waals surface area contributed by atoms with Gasteiger partial charge in [0.1, 0.15) is 5.69 Å². The van der Waals surface area contributed by atoms with Crippen LogP contribution in [0.25, 0.3) is 10.9 Å². The third-order valence-corrected chi connectivity index (χ3v) is 3.81. The monoisotopic (exact) mass is 293 g/mol. The van der Waals surface area contributed by atoms with Gasteiger partial charge in [-0.2, -0.15) is 0 Å². The van der Waals surface area contributed by atoms with Crippen molar-refractivity contribution in [1.29, 1.82) is 0 Å². The Morgan fingerprint density at radius 1 is 1.23 bits per heavy atom. The molecule has 1 unspecified atom stereocenters. The van der Waals surface area contributed by atoms with Crippen LogP contribution in [0.1, 0.15) is 40.3 Å². The molecular weight excluding hydrogens is 274 g/mol. The van der Waals surface area contributed by atoms with Crippen LogP contribution < -0.4 is 5.32 Å². The molecular formula is C18H19N3O. The second-order valence-electron chi connectivity index (χ2n) is 5.68. The maximum Gasteiger partial charge on any atom is 0.268 e. The van der Waals surface area contributed by atoms with E-state index in [0.29, 0.717) is 5.69 Å². The molecule has 3 rings (SSSR count).